The van der Waals surface area contributed by atoms with Crippen LogP contribution in [-0.4, -0.2) is 59.8 Å². The lowest BCUT2D eigenvalue weighted by molar-refractivity contribution is 0.253. The molecule has 1 atom stereocenters. The van der Waals surface area contributed by atoms with Crippen molar-refractivity contribution in [3.05, 3.63) is 76.4 Å². The van der Waals surface area contributed by atoms with Gasteiger partial charge in [-0.25, -0.2) is 19.2 Å². The maximum Gasteiger partial charge on any atom is 0.330 e. The van der Waals surface area contributed by atoms with E-state index in [0.717, 1.165) is 18.7 Å². The Labute approximate surface area is 223 Å². The number of aromatic nitrogens is 6. The molecule has 198 valence electrons. The monoisotopic (exact) mass is 526 g/mol. The van der Waals surface area contributed by atoms with Crippen molar-refractivity contribution in [2.45, 2.75) is 32.9 Å². The van der Waals surface area contributed by atoms with Crippen LogP contribution in [0.5, 0.6) is 5.75 Å². The third-order valence-corrected chi connectivity index (χ3v) is 7.41. The van der Waals surface area contributed by atoms with E-state index in [1.54, 1.807) is 50.5 Å². The topological polar surface area (TPSA) is 107 Å². The average molecular weight is 527 g/mol. The summed E-state index contributed by atoms with van der Waals surface area (Å²) in [5.74, 6) is 0.374. The van der Waals surface area contributed by atoms with Crippen LogP contribution in [0.15, 0.2) is 53.7 Å². The van der Waals surface area contributed by atoms with E-state index in [9.17, 15) is 14.4 Å². The third kappa shape index (κ3) is 4.23. The van der Waals surface area contributed by atoms with Gasteiger partial charge >= 0.3 is 5.69 Å². The molecule has 10 nitrogen and oxygen atoms in total. The number of benzene rings is 2. The van der Waals surface area contributed by atoms with Crippen molar-refractivity contribution in [2.24, 2.45) is 0 Å². The lowest BCUT2D eigenvalue weighted by atomic mass is 10.0. The van der Waals surface area contributed by atoms with Gasteiger partial charge < -0.3 is 9.64 Å². The fraction of sp³-hybridized carbons (Fsp3) is 0.321. The molecule has 0 amide bonds. The van der Waals surface area contributed by atoms with Gasteiger partial charge in [0.15, 0.2) is 5.65 Å². The number of hydrogen-bond acceptors (Lipinski definition) is 7. The number of nitrogens with zero attached hydrogens (tertiary/aromatic N) is 8. The Kier molecular flexibility index (Phi) is 6.32. The maximum absolute atomic E-state index is 14.0. The van der Waals surface area contributed by atoms with Gasteiger partial charge in [-0.15, -0.1) is 0 Å². The van der Waals surface area contributed by atoms with Gasteiger partial charge in [-0.3, -0.25) is 13.7 Å². The second-order valence-corrected chi connectivity index (χ2v) is 9.47. The molecule has 11 heteroatoms. The quantitative estimate of drug-likeness (QED) is 0.319. The van der Waals surface area contributed by atoms with Crippen LogP contribution in [0.1, 0.15) is 37.4 Å². The number of rotatable bonds is 7. The molecule has 2 aromatic carbocycles. The summed E-state index contributed by atoms with van der Waals surface area (Å²) in [6.45, 7) is 7.47. The molecule has 0 fully saturated rings. The number of fused-ring (bicyclic) bond motifs is 3. The van der Waals surface area contributed by atoms with Gasteiger partial charge in [-0.05, 0) is 37.4 Å². The molecular formula is C28H27FN8O2. The van der Waals surface area contributed by atoms with E-state index in [4.69, 9.17) is 9.72 Å². The van der Waals surface area contributed by atoms with Gasteiger partial charge in [0.1, 0.15) is 23.4 Å². The molecule has 0 saturated carbocycles. The van der Waals surface area contributed by atoms with E-state index in [2.05, 4.69) is 34.8 Å². The van der Waals surface area contributed by atoms with Crippen molar-refractivity contribution in [1.29, 1.82) is 5.26 Å². The lowest BCUT2D eigenvalue weighted by Crippen LogP contribution is -2.34. The van der Waals surface area contributed by atoms with Crippen LogP contribution in [0.25, 0.3) is 28.1 Å². The molecule has 1 unspecified atom stereocenters. The number of hydrogen-bond donors (Lipinski definition) is 0. The Morgan fingerprint density at radius 3 is 2.79 bits per heavy atom. The van der Waals surface area contributed by atoms with E-state index in [-0.39, 0.29) is 11.7 Å². The van der Waals surface area contributed by atoms with E-state index >= 15 is 0 Å². The molecule has 1 aliphatic rings. The highest BCUT2D eigenvalue weighted by Gasteiger charge is 2.29. The van der Waals surface area contributed by atoms with Crippen molar-refractivity contribution in [3.8, 4) is 17.8 Å². The zero-order valence-electron chi connectivity index (χ0n) is 21.7. The standard InChI is InChI=1S/C28H27FN8O2/c1-3-34(4-2)10-11-35-24-16-31-27(36-17-32-21-8-5-18(15-30)13-23(21)36)33-26(24)37(28(35)38)22-9-12-39-25-14-19(29)6-7-20(22)25/h5-8,13-14,16-17,22H,3-4,9-12H2,1-2H3. The molecule has 1 aliphatic heterocycles. The third-order valence-electron chi connectivity index (χ3n) is 7.41. The fourth-order valence-electron chi connectivity index (χ4n) is 5.29. The SMILES string of the molecule is CCN(CC)CCn1c(=O)n(C2CCOc3cc(F)ccc32)c2nc(-n3cnc4ccc(C#N)cc43)ncc21. The van der Waals surface area contributed by atoms with E-state index in [0.29, 0.717) is 65.6 Å². The molecule has 0 bridgehead atoms. The molecule has 39 heavy (non-hydrogen) atoms. The highest BCUT2D eigenvalue weighted by molar-refractivity contribution is 5.79. The largest absolute Gasteiger partial charge is 0.493 e. The molecular weight excluding hydrogens is 499 g/mol. The maximum atomic E-state index is 14.0. The predicted octanol–water partition coefficient (Wildman–Crippen LogP) is 3.66. The Balaban J connectivity index is 1.55. The van der Waals surface area contributed by atoms with Gasteiger partial charge in [0, 0.05) is 31.1 Å². The second kappa shape index (κ2) is 9.96. The van der Waals surface area contributed by atoms with Gasteiger partial charge in [0.2, 0.25) is 5.95 Å². The minimum atomic E-state index is -0.392. The van der Waals surface area contributed by atoms with Gasteiger partial charge in [0.05, 0.1) is 41.5 Å². The van der Waals surface area contributed by atoms with E-state index < -0.39 is 5.82 Å². The normalized spacial score (nSPS) is 15.0. The molecule has 3 aromatic heterocycles. The van der Waals surface area contributed by atoms with Crippen LogP contribution in [-0.2, 0) is 6.54 Å². The number of imidazole rings is 2. The number of likely N-dealkylation sites (N-methyl/N-ethyl adjacent to an activating group) is 1. The molecule has 0 N–H and O–H groups in total. The minimum Gasteiger partial charge on any atom is -0.493 e. The average Bonchev–Trinajstić information content (AvgIpc) is 3.50. The Morgan fingerprint density at radius 2 is 2.00 bits per heavy atom. The number of halogens is 1. The summed E-state index contributed by atoms with van der Waals surface area (Å²) in [4.78, 5) is 30.2. The summed E-state index contributed by atoms with van der Waals surface area (Å²) in [5, 5.41) is 9.38. The number of nitriles is 1. The Hall–Kier alpha value is -4.56. The van der Waals surface area contributed by atoms with Crippen LogP contribution >= 0.6 is 0 Å². The molecule has 0 aliphatic carbocycles. The summed E-state index contributed by atoms with van der Waals surface area (Å²) in [7, 11) is 0. The van der Waals surface area contributed by atoms with Gasteiger partial charge in [-0.1, -0.05) is 19.9 Å². The van der Waals surface area contributed by atoms with Crippen LogP contribution in [0.4, 0.5) is 4.39 Å². The summed E-state index contributed by atoms with van der Waals surface area (Å²) in [5.41, 5.74) is 3.52. The lowest BCUT2D eigenvalue weighted by Gasteiger charge is -2.26. The Morgan fingerprint density at radius 1 is 1.15 bits per heavy atom. The summed E-state index contributed by atoms with van der Waals surface area (Å²) >= 11 is 0. The van der Waals surface area contributed by atoms with Gasteiger partial charge in [-0.2, -0.15) is 10.2 Å². The van der Waals surface area contributed by atoms with Crippen molar-refractivity contribution in [3.63, 3.8) is 0 Å². The van der Waals surface area contributed by atoms with Crippen molar-refractivity contribution < 1.29 is 9.13 Å². The first-order valence-corrected chi connectivity index (χ1v) is 13.0. The number of ether oxygens (including phenoxy) is 1. The molecule has 5 aromatic rings. The second-order valence-electron chi connectivity index (χ2n) is 9.47. The van der Waals surface area contributed by atoms with Gasteiger partial charge in [0.25, 0.3) is 0 Å². The van der Waals surface area contributed by atoms with Crippen LogP contribution in [0.3, 0.4) is 0 Å². The molecule has 0 spiro atoms. The summed E-state index contributed by atoms with van der Waals surface area (Å²) in [6, 6.07) is 11.4. The van der Waals surface area contributed by atoms with Crippen molar-refractivity contribution in [1.82, 2.24) is 33.6 Å². The highest BCUT2D eigenvalue weighted by atomic mass is 19.1. The van der Waals surface area contributed by atoms with Crippen LogP contribution in [0.2, 0.25) is 0 Å². The van der Waals surface area contributed by atoms with Crippen molar-refractivity contribution >= 4 is 22.2 Å². The smallest absolute Gasteiger partial charge is 0.330 e. The molecule has 6 rings (SSSR count). The van der Waals surface area contributed by atoms with E-state index in [1.807, 2.05) is 0 Å². The molecule has 0 radical (unpaired) electrons. The zero-order chi connectivity index (χ0) is 27.1. The highest BCUT2D eigenvalue weighted by Crippen LogP contribution is 2.36. The molecule has 4 heterocycles. The first kappa shape index (κ1) is 24.8. The summed E-state index contributed by atoms with van der Waals surface area (Å²) in [6.07, 6.45) is 3.81. The van der Waals surface area contributed by atoms with Crippen LogP contribution < -0.4 is 10.4 Å². The minimum absolute atomic E-state index is 0.201. The Bertz CT molecular complexity index is 1790. The van der Waals surface area contributed by atoms with Crippen molar-refractivity contribution in [2.75, 3.05) is 26.2 Å². The fourth-order valence-corrected chi connectivity index (χ4v) is 5.29. The molecule has 0 saturated heterocycles. The predicted molar refractivity (Wildman–Crippen MR) is 144 cm³/mol. The van der Waals surface area contributed by atoms with Crippen LogP contribution in [0, 0.1) is 17.1 Å². The first-order valence-electron chi connectivity index (χ1n) is 13.0. The van der Waals surface area contributed by atoms with E-state index in [1.165, 1.54) is 12.1 Å². The first-order chi connectivity index (χ1) is 19.0. The zero-order valence-corrected chi connectivity index (χ0v) is 21.7. The summed E-state index contributed by atoms with van der Waals surface area (Å²) < 4.78 is 24.8.